The number of rotatable bonds is 5. The topological polar surface area (TPSA) is 0 Å². The highest BCUT2D eigenvalue weighted by atomic mass is 14.1. The molecule has 12 heavy (non-hydrogen) atoms. The van der Waals surface area contributed by atoms with Crippen LogP contribution in [-0.2, 0) is 0 Å². The van der Waals surface area contributed by atoms with Gasteiger partial charge in [0.15, 0.2) is 0 Å². The highest BCUT2D eigenvalue weighted by Crippen LogP contribution is 2.28. The van der Waals surface area contributed by atoms with Crippen LogP contribution in [0.2, 0.25) is 0 Å². The molecule has 0 fully saturated rings. The van der Waals surface area contributed by atoms with Gasteiger partial charge in [-0.05, 0) is 36.8 Å². The largest absolute Gasteiger partial charge is 0.0811 e. The minimum absolute atomic E-state index is 1.26. The van der Waals surface area contributed by atoms with Crippen molar-refractivity contribution in [3.63, 3.8) is 0 Å². The number of hydrogen-bond acceptors (Lipinski definition) is 0. The molecule has 0 heterocycles. The first-order chi connectivity index (χ1) is 5.88. The summed E-state index contributed by atoms with van der Waals surface area (Å²) in [6.07, 6.45) is 12.6. The zero-order valence-corrected chi connectivity index (χ0v) is 8.40. The molecule has 0 atom stereocenters. The van der Waals surface area contributed by atoms with Crippen LogP contribution in [0.15, 0.2) is 23.3 Å². The molecule has 1 aliphatic rings. The van der Waals surface area contributed by atoms with Crippen LogP contribution in [-0.4, -0.2) is 0 Å². The molecule has 0 spiro atoms. The van der Waals surface area contributed by atoms with E-state index in [1.54, 1.807) is 11.1 Å². The second kappa shape index (κ2) is 5.18. The first-order valence-electron chi connectivity index (χ1n) is 5.27. The van der Waals surface area contributed by atoms with Gasteiger partial charge in [0.25, 0.3) is 0 Å². The molecular weight excluding hydrogens is 144 g/mol. The third-order valence-electron chi connectivity index (χ3n) is 2.42. The summed E-state index contributed by atoms with van der Waals surface area (Å²) in [5.41, 5.74) is 3.26. The minimum Gasteiger partial charge on any atom is -0.0811 e. The van der Waals surface area contributed by atoms with E-state index in [1.807, 2.05) is 0 Å². The predicted octanol–water partition coefficient (Wildman–Crippen LogP) is 4.23. The third kappa shape index (κ3) is 2.51. The summed E-state index contributed by atoms with van der Waals surface area (Å²) in [6, 6.07) is 0. The van der Waals surface area contributed by atoms with Crippen LogP contribution >= 0.6 is 0 Å². The van der Waals surface area contributed by atoms with Crippen molar-refractivity contribution in [1.82, 2.24) is 0 Å². The highest BCUT2D eigenvalue weighted by Gasteiger charge is 2.09. The zero-order valence-electron chi connectivity index (χ0n) is 8.40. The summed E-state index contributed by atoms with van der Waals surface area (Å²) >= 11 is 0. The van der Waals surface area contributed by atoms with Crippen molar-refractivity contribution < 1.29 is 0 Å². The van der Waals surface area contributed by atoms with Crippen LogP contribution in [0, 0.1) is 0 Å². The van der Waals surface area contributed by atoms with Crippen molar-refractivity contribution in [2.45, 2.75) is 52.4 Å². The molecule has 0 amide bonds. The van der Waals surface area contributed by atoms with Gasteiger partial charge in [-0.25, -0.2) is 0 Å². The lowest BCUT2D eigenvalue weighted by Crippen LogP contribution is -1.98. The highest BCUT2D eigenvalue weighted by molar-refractivity contribution is 5.35. The van der Waals surface area contributed by atoms with Crippen LogP contribution in [0.25, 0.3) is 0 Å². The van der Waals surface area contributed by atoms with Crippen LogP contribution in [0.1, 0.15) is 52.4 Å². The monoisotopic (exact) mass is 164 g/mol. The Kier molecular flexibility index (Phi) is 4.13. The molecule has 0 bridgehead atoms. The van der Waals surface area contributed by atoms with Crippen LogP contribution in [0.5, 0.6) is 0 Å². The molecule has 0 aliphatic heterocycles. The fourth-order valence-corrected chi connectivity index (χ4v) is 1.56. The Bertz CT molecular complexity index is 184. The summed E-state index contributed by atoms with van der Waals surface area (Å²) in [5.74, 6) is 0. The van der Waals surface area contributed by atoms with Gasteiger partial charge in [0.05, 0.1) is 0 Å². The molecule has 0 unspecified atom stereocenters. The summed E-state index contributed by atoms with van der Waals surface area (Å²) in [7, 11) is 0. The molecule has 68 valence electrons. The smallest absolute Gasteiger partial charge is 0.0244 e. The molecule has 0 radical (unpaired) electrons. The van der Waals surface area contributed by atoms with E-state index in [2.05, 4.69) is 26.0 Å². The molecule has 1 rings (SSSR count). The summed E-state index contributed by atoms with van der Waals surface area (Å²) in [4.78, 5) is 0. The number of unbranched alkanes of at least 4 members (excludes halogenated alkanes) is 1. The normalized spacial score (nSPS) is 17.2. The maximum Gasteiger partial charge on any atom is -0.0244 e. The fourth-order valence-electron chi connectivity index (χ4n) is 1.56. The number of allylic oxidation sites excluding steroid dienone is 4. The van der Waals surface area contributed by atoms with E-state index in [4.69, 9.17) is 0 Å². The van der Waals surface area contributed by atoms with E-state index in [0.717, 1.165) is 0 Å². The van der Waals surface area contributed by atoms with E-state index in [1.165, 1.54) is 38.5 Å². The van der Waals surface area contributed by atoms with Gasteiger partial charge in [-0.3, -0.25) is 0 Å². The maximum absolute atomic E-state index is 2.44. The Morgan fingerprint density at radius 1 is 1.42 bits per heavy atom. The Balaban J connectivity index is 2.47. The van der Waals surface area contributed by atoms with Gasteiger partial charge < -0.3 is 0 Å². The van der Waals surface area contributed by atoms with Crippen LogP contribution in [0.3, 0.4) is 0 Å². The van der Waals surface area contributed by atoms with Gasteiger partial charge in [0.2, 0.25) is 0 Å². The van der Waals surface area contributed by atoms with Crippen molar-refractivity contribution in [1.29, 1.82) is 0 Å². The quantitative estimate of drug-likeness (QED) is 0.570. The standard InChI is InChI=1S/C12H20/c1-3-5-8-11(7-4-2)12-9-6-10-12/h8-9H,3-7,10H2,1-2H3/b11-8-. The molecule has 0 aromatic carbocycles. The first-order valence-corrected chi connectivity index (χ1v) is 5.27. The molecule has 0 heteroatoms. The van der Waals surface area contributed by atoms with E-state index in [9.17, 15) is 0 Å². The van der Waals surface area contributed by atoms with Crippen molar-refractivity contribution in [2.24, 2.45) is 0 Å². The zero-order chi connectivity index (χ0) is 8.81. The van der Waals surface area contributed by atoms with Gasteiger partial charge in [-0.1, -0.05) is 38.8 Å². The summed E-state index contributed by atoms with van der Waals surface area (Å²) in [5, 5.41) is 0. The molecule has 0 saturated heterocycles. The average Bonchev–Trinajstić information content (AvgIpc) is 1.97. The van der Waals surface area contributed by atoms with Gasteiger partial charge >= 0.3 is 0 Å². The molecule has 0 N–H and O–H groups in total. The fraction of sp³-hybridized carbons (Fsp3) is 0.667. The Hall–Kier alpha value is -0.520. The molecule has 0 saturated carbocycles. The first kappa shape index (κ1) is 9.57. The lowest BCUT2D eigenvalue weighted by molar-refractivity contribution is 0.812. The molecular formula is C12H20. The molecule has 1 aliphatic carbocycles. The predicted molar refractivity (Wildman–Crippen MR) is 55.2 cm³/mol. The molecule has 0 aromatic rings. The lowest BCUT2D eigenvalue weighted by atomic mass is 9.88. The van der Waals surface area contributed by atoms with E-state index in [0.29, 0.717) is 0 Å². The van der Waals surface area contributed by atoms with Gasteiger partial charge in [-0.15, -0.1) is 0 Å². The summed E-state index contributed by atoms with van der Waals surface area (Å²) < 4.78 is 0. The second-order valence-corrected chi connectivity index (χ2v) is 3.54. The Labute approximate surface area is 76.4 Å². The van der Waals surface area contributed by atoms with Crippen molar-refractivity contribution in [2.75, 3.05) is 0 Å². The SMILES string of the molecule is CCC/C=C(/CCC)C1=CCC1. The minimum atomic E-state index is 1.26. The van der Waals surface area contributed by atoms with Crippen LogP contribution < -0.4 is 0 Å². The Morgan fingerprint density at radius 2 is 2.17 bits per heavy atom. The lowest BCUT2D eigenvalue weighted by Gasteiger charge is -2.17. The summed E-state index contributed by atoms with van der Waals surface area (Å²) in [6.45, 7) is 4.51. The Morgan fingerprint density at radius 3 is 2.58 bits per heavy atom. The van der Waals surface area contributed by atoms with Gasteiger partial charge in [0, 0.05) is 0 Å². The second-order valence-electron chi connectivity index (χ2n) is 3.54. The van der Waals surface area contributed by atoms with Crippen molar-refractivity contribution in [3.05, 3.63) is 23.3 Å². The van der Waals surface area contributed by atoms with Crippen molar-refractivity contribution in [3.8, 4) is 0 Å². The van der Waals surface area contributed by atoms with Crippen molar-refractivity contribution >= 4 is 0 Å². The molecule has 0 aromatic heterocycles. The van der Waals surface area contributed by atoms with Crippen LogP contribution in [0.4, 0.5) is 0 Å². The van der Waals surface area contributed by atoms with Gasteiger partial charge in [0.1, 0.15) is 0 Å². The van der Waals surface area contributed by atoms with E-state index >= 15 is 0 Å². The van der Waals surface area contributed by atoms with Gasteiger partial charge in [-0.2, -0.15) is 0 Å². The van der Waals surface area contributed by atoms with E-state index in [-0.39, 0.29) is 0 Å². The average molecular weight is 164 g/mol. The molecule has 0 nitrogen and oxygen atoms in total. The number of hydrogen-bond donors (Lipinski definition) is 0. The third-order valence-corrected chi connectivity index (χ3v) is 2.42. The van der Waals surface area contributed by atoms with E-state index < -0.39 is 0 Å². The maximum atomic E-state index is 2.44.